The largest absolute Gasteiger partial charge is 0 e. The van der Waals surface area contributed by atoms with Crippen LogP contribution < -0.4 is 0 Å². The van der Waals surface area contributed by atoms with Gasteiger partial charge in [-0.05, 0) is 0 Å². The third kappa shape index (κ3) is 26.0. The Hall–Kier alpha value is 3.45. The van der Waals surface area contributed by atoms with E-state index >= 15 is 0 Å². The predicted octanol–water partition coefficient (Wildman–Crippen LogP) is -0.393. The van der Waals surface area contributed by atoms with Crippen LogP contribution >= 0.6 is 0 Å². The van der Waals surface area contributed by atoms with Crippen LogP contribution in [-0.4, -0.2) is 17.4 Å². The Morgan fingerprint density at radius 3 is 0.333 bits per heavy atom. The molecule has 28 valence electrons. The summed E-state index contributed by atoms with van der Waals surface area (Å²) in [4.78, 5) is 0. The molecular weight excluding hydrogens is 282 g/mol. The van der Waals surface area contributed by atoms with Gasteiger partial charge in [-0.2, -0.15) is 0 Å². The van der Waals surface area contributed by atoms with Gasteiger partial charge >= 0.3 is 0 Å². The van der Waals surface area contributed by atoms with E-state index in [4.69, 9.17) is 0 Å². The molecule has 0 aliphatic heterocycles. The van der Waals surface area contributed by atoms with E-state index in [1.165, 1.54) is 0 Å². The topological polar surface area (TPSA) is 0 Å². The molecule has 0 amide bonds. The van der Waals surface area contributed by atoms with E-state index in [9.17, 15) is 0 Å². The number of hydrogen-bond acceptors (Lipinski definition) is 0. The molecule has 0 nitrogen and oxygen atoms in total. The molecule has 6 heteroatoms. The van der Waals surface area contributed by atoms with Gasteiger partial charge in [0.2, 0.25) is 0 Å². The Morgan fingerprint density at radius 2 is 0.333 bits per heavy atom. The van der Waals surface area contributed by atoms with Crippen molar-refractivity contribution in [2.24, 2.45) is 0 Å². The second-order valence-corrected chi connectivity index (χ2v) is 0. The molecule has 0 atom stereocenters. The van der Waals surface area contributed by atoms with Gasteiger partial charge in [0.15, 0.2) is 0 Å². The van der Waals surface area contributed by atoms with E-state index in [0.717, 1.165) is 0 Å². The van der Waals surface area contributed by atoms with E-state index in [2.05, 4.69) is 0 Å². The van der Waals surface area contributed by atoms with Crippen molar-refractivity contribution in [3.05, 3.63) is 0 Å². The molecule has 0 unspecified atom stereocenters. The summed E-state index contributed by atoms with van der Waals surface area (Å²) in [6, 6.07) is 0. The summed E-state index contributed by atoms with van der Waals surface area (Å²) >= 11 is 0. The van der Waals surface area contributed by atoms with Crippen LogP contribution in [0.25, 0.3) is 0 Å². The van der Waals surface area contributed by atoms with Crippen molar-refractivity contribution >= 4 is 17.4 Å². The van der Waals surface area contributed by atoms with Crippen molar-refractivity contribution in [1.29, 1.82) is 0 Å². The Labute approximate surface area is 108 Å². The Kier molecular flexibility index (Phi) is 372. The van der Waals surface area contributed by atoms with Crippen LogP contribution in [0.2, 0.25) is 0 Å². The van der Waals surface area contributed by atoms with Gasteiger partial charge in [0.05, 0.1) is 0 Å². The second kappa shape index (κ2) is 39.4. The van der Waals surface area contributed by atoms with Crippen molar-refractivity contribution in [1.82, 2.24) is 0 Å². The minimum absolute atomic E-state index is 0. The second-order valence-electron chi connectivity index (χ2n) is 0. The summed E-state index contributed by atoms with van der Waals surface area (Å²) in [6.45, 7) is 0. The molecule has 0 aromatic carbocycles. The van der Waals surface area contributed by atoms with Crippen molar-refractivity contribution in [2.45, 2.75) is 0 Å². The van der Waals surface area contributed by atoms with E-state index < -0.39 is 0 Å². The molecule has 0 aliphatic carbocycles. The van der Waals surface area contributed by atoms with Crippen LogP contribution in [0.5, 0.6) is 0 Å². The van der Waals surface area contributed by atoms with E-state index in [-0.39, 0.29) is 110 Å². The fraction of sp³-hybridized carbons (Fsp3) is 0. The zero-order chi connectivity index (χ0) is 0. The van der Waals surface area contributed by atoms with E-state index in [1.54, 1.807) is 0 Å². The van der Waals surface area contributed by atoms with Gasteiger partial charge in [0.1, 0.15) is 0 Å². The Morgan fingerprint density at radius 1 is 0.333 bits per heavy atom. The van der Waals surface area contributed by atoms with Crippen molar-refractivity contribution in [3.8, 4) is 0 Å². The fourth-order valence-electron chi connectivity index (χ4n) is 0. The fourth-order valence-corrected chi connectivity index (χ4v) is 0. The Balaban J connectivity index is 0. The standard InChI is InChI=1S/Al.5V. The molecule has 0 bridgehead atoms. The van der Waals surface area contributed by atoms with Crippen molar-refractivity contribution in [3.63, 3.8) is 0 Å². The summed E-state index contributed by atoms with van der Waals surface area (Å²) < 4.78 is 0. The molecule has 0 aromatic heterocycles. The molecule has 0 spiro atoms. The number of hydrogen-bond donors (Lipinski definition) is 0. The van der Waals surface area contributed by atoms with Gasteiger partial charge in [0, 0.05) is 110 Å². The van der Waals surface area contributed by atoms with E-state index in [1.807, 2.05) is 0 Å². The summed E-state index contributed by atoms with van der Waals surface area (Å²) in [6.07, 6.45) is 0. The maximum absolute atomic E-state index is 0. The molecule has 0 aliphatic rings. The zero-order valence-corrected chi connectivity index (χ0v) is 11.0. The monoisotopic (exact) mass is 282 g/mol. The third-order valence-corrected chi connectivity index (χ3v) is 0. The number of rotatable bonds is 0. The van der Waals surface area contributed by atoms with Crippen LogP contribution in [0.3, 0.4) is 0 Å². The van der Waals surface area contributed by atoms with Gasteiger partial charge in [-0.3, -0.25) is 0 Å². The zero-order valence-electron chi connectivity index (χ0n) is 2.81. The van der Waals surface area contributed by atoms with Crippen LogP contribution in [0.1, 0.15) is 0 Å². The molecule has 0 rings (SSSR count). The van der Waals surface area contributed by atoms with Crippen LogP contribution in [-0.2, 0) is 92.8 Å². The van der Waals surface area contributed by atoms with Gasteiger partial charge in [-0.15, -0.1) is 0 Å². The summed E-state index contributed by atoms with van der Waals surface area (Å²) in [5.41, 5.74) is 0. The summed E-state index contributed by atoms with van der Waals surface area (Å²) in [5.74, 6) is 0. The van der Waals surface area contributed by atoms with E-state index in [0.29, 0.717) is 0 Å². The first kappa shape index (κ1) is 56.6. The molecule has 0 saturated heterocycles. The van der Waals surface area contributed by atoms with Gasteiger partial charge in [-0.1, -0.05) is 0 Å². The molecule has 0 fully saturated rings. The Bertz CT molecular complexity index is 3.90. The quantitative estimate of drug-likeness (QED) is 0.531. The van der Waals surface area contributed by atoms with Crippen LogP contribution in [0.4, 0.5) is 0 Å². The third-order valence-electron chi connectivity index (χ3n) is 0. The minimum Gasteiger partial charge on any atom is 0 e. The summed E-state index contributed by atoms with van der Waals surface area (Å²) in [5, 5.41) is 0. The van der Waals surface area contributed by atoms with Gasteiger partial charge < -0.3 is 0 Å². The average molecular weight is 282 g/mol. The van der Waals surface area contributed by atoms with Crippen LogP contribution in [0, 0.1) is 0 Å². The maximum Gasteiger partial charge on any atom is 0 e. The molecule has 0 heterocycles. The predicted molar refractivity (Wildman–Crippen MR) is 5.75 cm³/mol. The van der Waals surface area contributed by atoms with Crippen molar-refractivity contribution < 1.29 is 92.8 Å². The maximum atomic E-state index is 0. The molecule has 0 aromatic rings. The first-order valence-corrected chi connectivity index (χ1v) is 0. The molecule has 0 N–H and O–H groups in total. The minimum atomic E-state index is 0. The normalized spacial score (nSPS) is 0. The summed E-state index contributed by atoms with van der Waals surface area (Å²) in [7, 11) is 0. The molecular formula is AlV5. The molecule has 0 saturated carbocycles. The van der Waals surface area contributed by atoms with Gasteiger partial charge in [0.25, 0.3) is 0 Å². The molecule has 8 radical (unpaired) electrons. The first-order chi connectivity index (χ1) is 0. The van der Waals surface area contributed by atoms with Crippen molar-refractivity contribution in [2.75, 3.05) is 0 Å². The molecule has 6 heavy (non-hydrogen) atoms. The van der Waals surface area contributed by atoms with Crippen LogP contribution in [0.15, 0.2) is 0 Å². The SMILES string of the molecule is [Al].[V].[V].[V].[V].[V]. The van der Waals surface area contributed by atoms with Gasteiger partial charge in [-0.25, -0.2) is 0 Å². The average Bonchev–Trinajstić information content (AvgIpc) is 0. The smallest absolute Gasteiger partial charge is 0 e. The first-order valence-electron chi connectivity index (χ1n) is 0.